The van der Waals surface area contributed by atoms with E-state index in [2.05, 4.69) is 5.32 Å². The Balaban J connectivity index is 2.04. The first kappa shape index (κ1) is 16.2. The van der Waals surface area contributed by atoms with Crippen LogP contribution in [-0.4, -0.2) is 11.7 Å². The number of hydrogen-bond donors (Lipinski definition) is 1. The van der Waals surface area contributed by atoms with Crippen LogP contribution in [0.25, 0.3) is 6.08 Å². The zero-order chi connectivity index (χ0) is 15.9. The molecular weight excluding hydrogens is 311 g/mol. The van der Waals surface area contributed by atoms with Crippen LogP contribution in [0, 0.1) is 5.82 Å². The van der Waals surface area contributed by atoms with Gasteiger partial charge in [-0.05, 0) is 35.9 Å². The molecule has 0 saturated carbocycles. The van der Waals surface area contributed by atoms with Gasteiger partial charge in [-0.3, -0.25) is 4.79 Å². The number of para-hydroxylation sites is 1. The molecule has 0 heterocycles. The largest absolute Gasteiger partial charge is 0.321 e. The van der Waals surface area contributed by atoms with Crippen LogP contribution in [0.15, 0.2) is 59.5 Å². The summed E-state index contributed by atoms with van der Waals surface area (Å²) in [6, 6.07) is 12.0. The summed E-state index contributed by atoms with van der Waals surface area (Å²) in [5.74, 6) is -3.38. The molecule has 0 fully saturated rings. The molecule has 1 N–H and O–H groups in total. The highest BCUT2D eigenvalue weighted by Crippen LogP contribution is 2.31. The van der Waals surface area contributed by atoms with Crippen LogP contribution in [0.3, 0.4) is 0 Å². The molecule has 2 rings (SSSR count). The van der Waals surface area contributed by atoms with E-state index in [0.717, 1.165) is 0 Å². The van der Waals surface area contributed by atoms with Crippen LogP contribution in [0.1, 0.15) is 5.56 Å². The zero-order valence-electron chi connectivity index (χ0n) is 11.3. The molecule has 0 spiro atoms. The summed E-state index contributed by atoms with van der Waals surface area (Å²) in [4.78, 5) is 12.1. The highest BCUT2D eigenvalue weighted by molar-refractivity contribution is 7.99. The van der Waals surface area contributed by atoms with Gasteiger partial charge >= 0.3 is 0 Å². The van der Waals surface area contributed by atoms with E-state index >= 15 is 0 Å². The molecule has 114 valence electrons. The lowest BCUT2D eigenvalue weighted by atomic mass is 10.2. The van der Waals surface area contributed by atoms with Crippen molar-refractivity contribution in [3.05, 3.63) is 66.0 Å². The summed E-state index contributed by atoms with van der Waals surface area (Å²) < 4.78 is 37.6. The Hall–Kier alpha value is -2.21. The van der Waals surface area contributed by atoms with E-state index in [0.29, 0.717) is 27.9 Å². The summed E-state index contributed by atoms with van der Waals surface area (Å²) in [7, 11) is 0. The van der Waals surface area contributed by atoms with E-state index in [1.165, 1.54) is 42.5 Å². The fourth-order valence-corrected chi connectivity index (χ4v) is 2.28. The molecule has 0 atom stereocenters. The van der Waals surface area contributed by atoms with Crippen molar-refractivity contribution in [1.82, 2.24) is 0 Å². The van der Waals surface area contributed by atoms with Crippen LogP contribution in [0.5, 0.6) is 0 Å². The second-order valence-corrected chi connectivity index (χ2v) is 5.28. The minimum Gasteiger partial charge on any atom is -0.321 e. The number of amides is 1. The summed E-state index contributed by atoms with van der Waals surface area (Å²) >= 11 is 0.369. The molecule has 0 aliphatic heterocycles. The molecule has 22 heavy (non-hydrogen) atoms. The molecule has 2 nitrogen and oxygen atoms in total. The van der Waals surface area contributed by atoms with E-state index in [1.807, 2.05) is 0 Å². The first-order valence-electron chi connectivity index (χ1n) is 6.33. The van der Waals surface area contributed by atoms with Crippen molar-refractivity contribution in [3.8, 4) is 0 Å². The standard InChI is InChI=1S/C16H12F3NOS/c17-12-8-5-11(6-9-12)7-10-15(21)20-13-3-1-2-4-14(13)22-16(18)19/h1-10,16H,(H,20,21)/b10-7+. The smallest absolute Gasteiger partial charge is 0.288 e. The van der Waals surface area contributed by atoms with Gasteiger partial charge in [0.2, 0.25) is 5.91 Å². The van der Waals surface area contributed by atoms with Gasteiger partial charge in [-0.2, -0.15) is 8.78 Å². The number of benzene rings is 2. The SMILES string of the molecule is O=C(/C=C/c1ccc(F)cc1)Nc1ccccc1SC(F)F. The number of halogens is 3. The number of carbonyl (C=O) groups excluding carboxylic acids is 1. The number of thioether (sulfide) groups is 1. The molecule has 0 saturated heterocycles. The van der Waals surface area contributed by atoms with Gasteiger partial charge in [0.15, 0.2) is 0 Å². The molecule has 0 aromatic heterocycles. The summed E-state index contributed by atoms with van der Waals surface area (Å²) in [5, 5.41) is 2.54. The highest BCUT2D eigenvalue weighted by atomic mass is 32.2. The summed E-state index contributed by atoms with van der Waals surface area (Å²) in [6.45, 7) is 0. The molecule has 0 aliphatic rings. The van der Waals surface area contributed by atoms with E-state index < -0.39 is 11.7 Å². The van der Waals surface area contributed by atoms with Gasteiger partial charge < -0.3 is 5.32 Å². The lowest BCUT2D eigenvalue weighted by Crippen LogP contribution is -2.08. The number of rotatable bonds is 5. The lowest BCUT2D eigenvalue weighted by Gasteiger charge is -2.08. The molecule has 2 aromatic rings. The highest BCUT2D eigenvalue weighted by Gasteiger charge is 2.10. The predicted molar refractivity (Wildman–Crippen MR) is 82.4 cm³/mol. The van der Waals surface area contributed by atoms with Gasteiger partial charge in [-0.25, -0.2) is 4.39 Å². The van der Waals surface area contributed by atoms with E-state index in [-0.39, 0.29) is 5.82 Å². The van der Waals surface area contributed by atoms with Gasteiger partial charge in [-0.1, -0.05) is 36.0 Å². The topological polar surface area (TPSA) is 29.1 Å². The molecule has 1 amide bonds. The van der Waals surface area contributed by atoms with Crippen molar-refractivity contribution in [3.63, 3.8) is 0 Å². The Kier molecular flexibility index (Phi) is 5.66. The number of alkyl halides is 2. The molecule has 6 heteroatoms. The number of anilines is 1. The first-order valence-corrected chi connectivity index (χ1v) is 7.21. The van der Waals surface area contributed by atoms with Crippen LogP contribution < -0.4 is 5.32 Å². The number of carbonyl (C=O) groups is 1. The monoisotopic (exact) mass is 323 g/mol. The summed E-state index contributed by atoms with van der Waals surface area (Å²) in [5.41, 5.74) is 0.980. The Morgan fingerprint density at radius 1 is 1.09 bits per heavy atom. The van der Waals surface area contributed by atoms with Crippen LogP contribution in [0.4, 0.5) is 18.9 Å². The Morgan fingerprint density at radius 3 is 2.45 bits per heavy atom. The van der Waals surface area contributed by atoms with Crippen molar-refractivity contribution in [2.45, 2.75) is 10.7 Å². The third-order valence-corrected chi connectivity index (χ3v) is 3.45. The summed E-state index contributed by atoms with van der Waals surface area (Å²) in [6.07, 6.45) is 2.77. The van der Waals surface area contributed by atoms with Crippen LogP contribution in [0.2, 0.25) is 0 Å². The second kappa shape index (κ2) is 7.70. The van der Waals surface area contributed by atoms with Crippen molar-refractivity contribution in [2.24, 2.45) is 0 Å². The third-order valence-electron chi connectivity index (χ3n) is 2.66. The lowest BCUT2D eigenvalue weighted by molar-refractivity contribution is -0.111. The fourth-order valence-electron chi connectivity index (χ4n) is 1.69. The maximum Gasteiger partial charge on any atom is 0.288 e. The zero-order valence-corrected chi connectivity index (χ0v) is 12.1. The van der Waals surface area contributed by atoms with Gasteiger partial charge in [0.25, 0.3) is 5.76 Å². The van der Waals surface area contributed by atoms with Gasteiger partial charge in [-0.15, -0.1) is 0 Å². The van der Waals surface area contributed by atoms with E-state index in [4.69, 9.17) is 0 Å². The second-order valence-electron chi connectivity index (χ2n) is 4.25. The average molecular weight is 323 g/mol. The molecule has 0 unspecified atom stereocenters. The van der Waals surface area contributed by atoms with E-state index in [1.54, 1.807) is 18.2 Å². The van der Waals surface area contributed by atoms with Crippen LogP contribution in [-0.2, 0) is 4.79 Å². The third kappa shape index (κ3) is 4.96. The Bertz CT molecular complexity index is 671. The quantitative estimate of drug-likeness (QED) is 0.633. The number of hydrogen-bond acceptors (Lipinski definition) is 2. The van der Waals surface area contributed by atoms with Gasteiger partial charge in [0.1, 0.15) is 5.82 Å². The minimum atomic E-state index is -2.56. The fraction of sp³-hybridized carbons (Fsp3) is 0.0625. The van der Waals surface area contributed by atoms with Crippen molar-refractivity contribution in [1.29, 1.82) is 0 Å². The van der Waals surface area contributed by atoms with Crippen LogP contribution >= 0.6 is 11.8 Å². The molecule has 0 bridgehead atoms. The van der Waals surface area contributed by atoms with E-state index in [9.17, 15) is 18.0 Å². The minimum absolute atomic E-state index is 0.293. The Labute approximate surface area is 130 Å². The normalized spacial score (nSPS) is 11.1. The maximum atomic E-state index is 12.8. The number of nitrogens with one attached hydrogen (secondary N) is 1. The molecular formula is C16H12F3NOS. The molecule has 0 radical (unpaired) electrons. The molecule has 2 aromatic carbocycles. The van der Waals surface area contributed by atoms with Crippen molar-refractivity contribution < 1.29 is 18.0 Å². The maximum absolute atomic E-state index is 12.8. The van der Waals surface area contributed by atoms with Crippen molar-refractivity contribution in [2.75, 3.05) is 5.32 Å². The van der Waals surface area contributed by atoms with Gasteiger partial charge in [0.05, 0.1) is 5.69 Å². The first-order chi connectivity index (χ1) is 10.5. The molecule has 0 aliphatic carbocycles. The van der Waals surface area contributed by atoms with Gasteiger partial charge in [0, 0.05) is 11.0 Å². The van der Waals surface area contributed by atoms with Crippen molar-refractivity contribution >= 4 is 29.4 Å². The average Bonchev–Trinajstić information content (AvgIpc) is 2.48. The Morgan fingerprint density at radius 2 is 1.77 bits per heavy atom. The predicted octanol–water partition coefficient (Wildman–Crippen LogP) is 4.79.